The third kappa shape index (κ3) is 4.77. The van der Waals surface area contributed by atoms with Crippen molar-refractivity contribution < 1.29 is 13.7 Å². The molecule has 0 bridgehead atoms. The predicted molar refractivity (Wildman–Crippen MR) is 116 cm³/mol. The number of aromatic nitrogens is 2. The maximum atomic E-state index is 12.5. The van der Waals surface area contributed by atoms with E-state index >= 15 is 0 Å². The summed E-state index contributed by atoms with van der Waals surface area (Å²) in [6.07, 6.45) is 3.89. The molecular formula is C21H29N5O3S. The van der Waals surface area contributed by atoms with Gasteiger partial charge in [0.2, 0.25) is 0 Å². The topological polar surface area (TPSA) is 120 Å². The Balaban J connectivity index is 1.33. The van der Waals surface area contributed by atoms with Crippen LogP contribution in [0.25, 0.3) is 0 Å². The molecular weight excluding hydrogens is 402 g/mol. The molecule has 0 aliphatic heterocycles. The molecule has 1 amide bonds. The van der Waals surface area contributed by atoms with Crippen LogP contribution in [0, 0.1) is 4.78 Å². The summed E-state index contributed by atoms with van der Waals surface area (Å²) in [4.78, 5) is 12.4. The average molecular weight is 432 g/mol. The van der Waals surface area contributed by atoms with Crippen LogP contribution in [0.5, 0.6) is 0 Å². The summed E-state index contributed by atoms with van der Waals surface area (Å²) >= 11 is 0. The van der Waals surface area contributed by atoms with E-state index in [9.17, 15) is 9.00 Å². The normalized spacial score (nSPS) is 23.2. The summed E-state index contributed by atoms with van der Waals surface area (Å²) in [5.74, 6) is 0.979. The molecule has 3 atom stereocenters. The lowest BCUT2D eigenvalue weighted by Crippen LogP contribution is -2.33. The Morgan fingerprint density at radius 3 is 2.63 bits per heavy atom. The van der Waals surface area contributed by atoms with Gasteiger partial charge in [0.1, 0.15) is 6.10 Å². The number of rotatable bonds is 7. The maximum Gasteiger partial charge on any atom is 0.407 e. The summed E-state index contributed by atoms with van der Waals surface area (Å²) in [6.45, 7) is 3.81. The van der Waals surface area contributed by atoms with Gasteiger partial charge >= 0.3 is 6.09 Å². The molecule has 9 heteroatoms. The summed E-state index contributed by atoms with van der Waals surface area (Å²) in [5.41, 5.74) is 1.85. The van der Waals surface area contributed by atoms with Gasteiger partial charge in [-0.15, -0.1) is 0 Å². The van der Waals surface area contributed by atoms with Crippen molar-refractivity contribution in [3.8, 4) is 0 Å². The van der Waals surface area contributed by atoms with Crippen molar-refractivity contribution in [3.63, 3.8) is 0 Å². The fraction of sp³-hybridized carbons (Fsp3) is 0.524. The molecule has 4 rings (SSSR count). The van der Waals surface area contributed by atoms with Crippen molar-refractivity contribution in [2.75, 3.05) is 5.32 Å². The molecule has 0 radical (unpaired) electrons. The first-order valence-corrected chi connectivity index (χ1v) is 12.1. The molecule has 2 aliphatic rings. The lowest BCUT2D eigenvalue weighted by atomic mass is 10.0. The minimum Gasteiger partial charge on any atom is -0.446 e. The second-order valence-electron chi connectivity index (χ2n) is 8.49. The largest absolute Gasteiger partial charge is 0.446 e. The van der Waals surface area contributed by atoms with Crippen molar-refractivity contribution >= 4 is 27.3 Å². The Bertz CT molecular complexity index is 996. The van der Waals surface area contributed by atoms with E-state index in [2.05, 4.69) is 20.8 Å². The van der Waals surface area contributed by atoms with E-state index in [1.807, 2.05) is 32.0 Å². The Morgan fingerprint density at radius 2 is 1.97 bits per heavy atom. The molecule has 0 saturated heterocycles. The zero-order chi connectivity index (χ0) is 21.3. The van der Waals surface area contributed by atoms with Crippen LogP contribution in [-0.4, -0.2) is 37.9 Å². The van der Waals surface area contributed by atoms with E-state index < -0.39 is 9.73 Å². The van der Waals surface area contributed by atoms with Gasteiger partial charge in [0.05, 0.1) is 9.73 Å². The molecule has 1 aromatic heterocycles. The number of aromatic amines is 1. The number of anilines is 2. The molecule has 2 fully saturated rings. The number of alkyl carbamates (subject to hydrolysis) is 1. The Labute approximate surface area is 177 Å². The van der Waals surface area contributed by atoms with Gasteiger partial charge in [-0.1, -0.05) is 0 Å². The monoisotopic (exact) mass is 431 g/mol. The third-order valence-corrected chi connectivity index (χ3v) is 7.96. The molecule has 1 unspecified atom stereocenters. The van der Waals surface area contributed by atoms with Crippen LogP contribution in [0.3, 0.4) is 0 Å². The van der Waals surface area contributed by atoms with Crippen LogP contribution in [0.1, 0.15) is 57.6 Å². The number of nitrogens with zero attached hydrogens (tertiary/aromatic N) is 1. The molecule has 162 valence electrons. The Hall–Kier alpha value is -2.55. The Morgan fingerprint density at radius 1 is 1.23 bits per heavy atom. The van der Waals surface area contributed by atoms with Gasteiger partial charge in [0.15, 0.2) is 5.82 Å². The van der Waals surface area contributed by atoms with Crippen LogP contribution < -0.4 is 10.6 Å². The second kappa shape index (κ2) is 8.29. The zero-order valence-electron chi connectivity index (χ0n) is 17.3. The van der Waals surface area contributed by atoms with E-state index in [-0.39, 0.29) is 29.4 Å². The summed E-state index contributed by atoms with van der Waals surface area (Å²) in [7, 11) is -2.67. The predicted octanol–water partition coefficient (Wildman–Crippen LogP) is 4.49. The minimum absolute atomic E-state index is 0.0147. The first-order chi connectivity index (χ1) is 14.3. The van der Waals surface area contributed by atoms with Crippen LogP contribution in [0.15, 0.2) is 35.2 Å². The van der Waals surface area contributed by atoms with Crippen LogP contribution in [-0.2, 0) is 14.5 Å². The maximum absolute atomic E-state index is 12.5. The average Bonchev–Trinajstić information content (AvgIpc) is 3.30. The van der Waals surface area contributed by atoms with E-state index in [0.29, 0.717) is 10.7 Å². The van der Waals surface area contributed by atoms with Crippen LogP contribution in [0.4, 0.5) is 16.3 Å². The highest BCUT2D eigenvalue weighted by Gasteiger charge is 2.33. The number of nitrogens with one attached hydrogen (secondary N) is 4. The smallest absolute Gasteiger partial charge is 0.407 e. The van der Waals surface area contributed by atoms with Gasteiger partial charge in [0, 0.05) is 39.6 Å². The number of benzene rings is 1. The molecule has 1 aromatic carbocycles. The summed E-state index contributed by atoms with van der Waals surface area (Å²) < 4.78 is 26.1. The van der Waals surface area contributed by atoms with Crippen molar-refractivity contribution in [1.29, 1.82) is 4.78 Å². The van der Waals surface area contributed by atoms with Gasteiger partial charge in [-0.25, -0.2) is 13.8 Å². The third-order valence-electron chi connectivity index (χ3n) is 5.57. The number of carbonyl (C=O) groups is 1. The van der Waals surface area contributed by atoms with Crippen molar-refractivity contribution in [2.45, 2.75) is 74.2 Å². The first-order valence-electron chi connectivity index (χ1n) is 10.5. The van der Waals surface area contributed by atoms with Gasteiger partial charge in [-0.05, 0) is 70.2 Å². The Kier molecular flexibility index (Phi) is 5.73. The standard InChI is InChI=1S/C21H29N5O3S/c1-13(2)23-21(27)29-16-6-3-14(11-16)19-12-20(26-25-19)24-15-4-7-17(8-5-15)30(22,28)18-9-10-18/h4-5,7-8,12-14,16,18,22H,3,6,9-11H2,1-2H3,(H,23,27)(H2,24,25,26)/t14-,16+,30?/m1/s1. The van der Waals surface area contributed by atoms with E-state index in [1.54, 1.807) is 12.1 Å². The number of hydrogen-bond acceptors (Lipinski definition) is 6. The van der Waals surface area contributed by atoms with Crippen LogP contribution >= 0.6 is 0 Å². The minimum atomic E-state index is -2.67. The number of hydrogen-bond donors (Lipinski definition) is 4. The molecule has 4 N–H and O–H groups in total. The number of carbonyl (C=O) groups excluding carboxylic acids is 1. The lowest BCUT2D eigenvalue weighted by molar-refractivity contribution is 0.0981. The van der Waals surface area contributed by atoms with Crippen molar-refractivity contribution in [2.24, 2.45) is 0 Å². The molecule has 30 heavy (non-hydrogen) atoms. The van der Waals surface area contributed by atoms with Gasteiger partial charge in [-0.2, -0.15) is 5.10 Å². The van der Waals surface area contributed by atoms with Gasteiger partial charge < -0.3 is 15.4 Å². The van der Waals surface area contributed by atoms with E-state index in [1.165, 1.54) is 0 Å². The fourth-order valence-corrected chi connectivity index (χ4v) is 5.57. The molecule has 1 heterocycles. The summed E-state index contributed by atoms with van der Waals surface area (Å²) in [6, 6.07) is 9.26. The number of ether oxygens (including phenoxy) is 1. The van der Waals surface area contributed by atoms with Gasteiger partial charge in [0.25, 0.3) is 0 Å². The van der Waals surface area contributed by atoms with Crippen molar-refractivity contribution in [3.05, 3.63) is 36.0 Å². The van der Waals surface area contributed by atoms with Gasteiger partial charge in [-0.3, -0.25) is 5.10 Å². The molecule has 0 spiro atoms. The lowest BCUT2D eigenvalue weighted by Gasteiger charge is -2.14. The van der Waals surface area contributed by atoms with E-state index in [4.69, 9.17) is 9.52 Å². The summed E-state index contributed by atoms with van der Waals surface area (Å²) in [5, 5.41) is 13.4. The molecule has 2 saturated carbocycles. The zero-order valence-corrected chi connectivity index (χ0v) is 18.1. The molecule has 2 aliphatic carbocycles. The molecule has 8 nitrogen and oxygen atoms in total. The highest BCUT2D eigenvalue weighted by Crippen LogP contribution is 2.37. The highest BCUT2D eigenvalue weighted by molar-refractivity contribution is 7.93. The van der Waals surface area contributed by atoms with Crippen molar-refractivity contribution in [1.82, 2.24) is 15.5 Å². The quantitative estimate of drug-likeness (QED) is 0.515. The second-order valence-corrected chi connectivity index (χ2v) is 10.8. The van der Waals surface area contributed by atoms with Crippen LogP contribution in [0.2, 0.25) is 0 Å². The SMILES string of the molecule is CC(C)NC(=O)O[C@H]1CC[C@@H](c2cc(Nc3ccc(S(=N)(=O)C4CC4)cc3)n[nH]2)C1. The molecule has 2 aromatic rings. The number of amides is 1. The fourth-order valence-electron chi connectivity index (χ4n) is 3.84. The van der Waals surface area contributed by atoms with E-state index in [0.717, 1.165) is 43.5 Å². The first kappa shape index (κ1) is 20.7. The highest BCUT2D eigenvalue weighted by atomic mass is 32.2. The number of H-pyrrole nitrogens is 1.